The van der Waals surface area contributed by atoms with E-state index in [1.165, 1.54) is 0 Å². The van der Waals surface area contributed by atoms with Crippen LogP contribution in [0.2, 0.25) is 5.02 Å². The van der Waals surface area contributed by atoms with E-state index in [9.17, 15) is 9.59 Å². The maximum atomic E-state index is 12.2. The van der Waals surface area contributed by atoms with E-state index in [0.717, 1.165) is 5.56 Å². The highest BCUT2D eigenvalue weighted by atomic mass is 35.5. The molecule has 162 valence electrons. The first-order valence-electron chi connectivity index (χ1n) is 9.67. The number of carbonyl (C=O) groups excluding carboxylic acids is 2. The number of nitrogens with zero attached hydrogens (tertiary/aromatic N) is 1. The van der Waals surface area contributed by atoms with Gasteiger partial charge in [0, 0.05) is 16.3 Å². The molecule has 0 atom stereocenters. The third kappa shape index (κ3) is 6.87. The van der Waals surface area contributed by atoms with Gasteiger partial charge in [0.2, 0.25) is 11.8 Å². The van der Waals surface area contributed by atoms with Crippen LogP contribution in [0, 0.1) is 0 Å². The number of furan rings is 1. The van der Waals surface area contributed by atoms with Gasteiger partial charge in [-0.3, -0.25) is 14.5 Å². The second-order valence-electron chi connectivity index (χ2n) is 7.00. The van der Waals surface area contributed by atoms with Gasteiger partial charge in [0.25, 0.3) is 0 Å². The summed E-state index contributed by atoms with van der Waals surface area (Å²) in [4.78, 5) is 26.0. The molecule has 0 radical (unpaired) electrons. The maximum Gasteiger partial charge on any atom is 0.238 e. The Bertz CT molecular complexity index is 1020. The number of hydrogen-bond acceptors (Lipinski definition) is 5. The summed E-state index contributed by atoms with van der Waals surface area (Å²) < 4.78 is 10.9. The van der Waals surface area contributed by atoms with Crippen molar-refractivity contribution in [3.05, 3.63) is 71.4 Å². The molecule has 31 heavy (non-hydrogen) atoms. The van der Waals surface area contributed by atoms with Crippen molar-refractivity contribution >= 4 is 29.1 Å². The van der Waals surface area contributed by atoms with Gasteiger partial charge in [-0.25, -0.2) is 0 Å². The van der Waals surface area contributed by atoms with E-state index in [-0.39, 0.29) is 31.4 Å². The first-order chi connectivity index (χ1) is 14.9. The van der Waals surface area contributed by atoms with Crippen molar-refractivity contribution in [2.24, 2.45) is 0 Å². The summed E-state index contributed by atoms with van der Waals surface area (Å²) in [6, 6.07) is 18.0. The average molecular weight is 442 g/mol. The highest BCUT2D eigenvalue weighted by Crippen LogP contribution is 2.23. The minimum atomic E-state index is -0.209. The molecule has 3 aromatic rings. The Balaban J connectivity index is 1.41. The summed E-state index contributed by atoms with van der Waals surface area (Å²) in [5.41, 5.74) is 1.57. The molecule has 0 saturated heterocycles. The van der Waals surface area contributed by atoms with Gasteiger partial charge in [-0.2, -0.15) is 0 Å². The zero-order valence-electron chi connectivity index (χ0n) is 17.4. The third-order valence-corrected chi connectivity index (χ3v) is 4.70. The first-order valence-corrected chi connectivity index (χ1v) is 10.0. The van der Waals surface area contributed by atoms with Crippen LogP contribution in [0.15, 0.2) is 65.1 Å². The molecule has 1 aromatic heterocycles. The van der Waals surface area contributed by atoms with Gasteiger partial charge in [0.1, 0.15) is 17.3 Å². The molecule has 1 heterocycles. The molecule has 2 amide bonds. The van der Waals surface area contributed by atoms with Crippen molar-refractivity contribution in [3.8, 4) is 17.1 Å². The van der Waals surface area contributed by atoms with Crippen LogP contribution in [-0.2, 0) is 16.1 Å². The summed E-state index contributed by atoms with van der Waals surface area (Å²) in [5.74, 6) is 1.64. The van der Waals surface area contributed by atoms with Gasteiger partial charge in [-0.15, -0.1) is 0 Å². The van der Waals surface area contributed by atoms with Crippen molar-refractivity contribution < 1.29 is 18.7 Å². The first kappa shape index (κ1) is 22.4. The van der Waals surface area contributed by atoms with E-state index >= 15 is 0 Å². The number of carbonyl (C=O) groups is 2. The minimum absolute atomic E-state index is 0.0841. The Hall–Kier alpha value is -3.29. The molecule has 0 bridgehead atoms. The van der Waals surface area contributed by atoms with Crippen molar-refractivity contribution in [2.75, 3.05) is 32.6 Å². The summed E-state index contributed by atoms with van der Waals surface area (Å²) in [7, 11) is 3.29. The minimum Gasteiger partial charge on any atom is -0.497 e. The standard InChI is InChI=1S/C23H24ClN3O4/c1-27(15-23(29)26-18-7-9-19(30-2)10-8-18)14-22(28)25-13-20-11-12-21(31-20)16-3-5-17(24)6-4-16/h3-12H,13-15H2,1-2H3,(H,25,28)(H,26,29). The molecule has 0 saturated carbocycles. The number of hydrogen-bond donors (Lipinski definition) is 2. The molecule has 0 spiro atoms. The fourth-order valence-electron chi connectivity index (χ4n) is 2.90. The van der Waals surface area contributed by atoms with E-state index in [1.807, 2.05) is 24.3 Å². The summed E-state index contributed by atoms with van der Waals surface area (Å²) in [5, 5.41) is 6.24. The van der Waals surface area contributed by atoms with Gasteiger partial charge in [-0.1, -0.05) is 11.6 Å². The fourth-order valence-corrected chi connectivity index (χ4v) is 3.03. The Morgan fingerprint density at radius 3 is 2.32 bits per heavy atom. The number of halogens is 1. The predicted molar refractivity (Wildman–Crippen MR) is 120 cm³/mol. The highest BCUT2D eigenvalue weighted by molar-refractivity contribution is 6.30. The molecule has 0 aliphatic rings. The number of ether oxygens (including phenoxy) is 1. The highest BCUT2D eigenvalue weighted by Gasteiger charge is 2.12. The zero-order chi connectivity index (χ0) is 22.2. The lowest BCUT2D eigenvalue weighted by Gasteiger charge is -2.16. The number of methoxy groups -OCH3 is 1. The Kier molecular flexibility index (Phi) is 7.70. The van der Waals surface area contributed by atoms with Crippen molar-refractivity contribution in [3.63, 3.8) is 0 Å². The Morgan fingerprint density at radius 1 is 0.968 bits per heavy atom. The molecule has 0 aliphatic heterocycles. The number of amides is 2. The molecular weight excluding hydrogens is 418 g/mol. The maximum absolute atomic E-state index is 12.2. The van der Waals surface area contributed by atoms with E-state index < -0.39 is 0 Å². The smallest absolute Gasteiger partial charge is 0.238 e. The number of likely N-dealkylation sites (N-methyl/N-ethyl adjacent to an activating group) is 1. The quantitative estimate of drug-likeness (QED) is 0.527. The van der Waals surface area contributed by atoms with Crippen LogP contribution >= 0.6 is 11.6 Å². The Morgan fingerprint density at radius 2 is 1.65 bits per heavy atom. The van der Waals surface area contributed by atoms with Crippen molar-refractivity contribution in [1.29, 1.82) is 0 Å². The largest absolute Gasteiger partial charge is 0.497 e. The lowest BCUT2D eigenvalue weighted by molar-refractivity contribution is -0.123. The molecule has 0 unspecified atom stereocenters. The van der Waals surface area contributed by atoms with Crippen LogP contribution in [0.25, 0.3) is 11.3 Å². The second kappa shape index (κ2) is 10.7. The van der Waals surface area contributed by atoms with Crippen LogP contribution in [0.4, 0.5) is 5.69 Å². The van der Waals surface area contributed by atoms with Gasteiger partial charge in [0.05, 0.1) is 26.7 Å². The lowest BCUT2D eigenvalue weighted by Crippen LogP contribution is -2.38. The van der Waals surface area contributed by atoms with Crippen LogP contribution in [0.5, 0.6) is 5.75 Å². The zero-order valence-corrected chi connectivity index (χ0v) is 18.1. The van der Waals surface area contributed by atoms with Crippen LogP contribution in [0.1, 0.15) is 5.76 Å². The third-order valence-electron chi connectivity index (χ3n) is 4.45. The molecule has 0 fully saturated rings. The summed E-state index contributed by atoms with van der Waals surface area (Å²) in [6.07, 6.45) is 0. The number of nitrogens with one attached hydrogen (secondary N) is 2. The molecular formula is C23H24ClN3O4. The summed E-state index contributed by atoms with van der Waals surface area (Å²) in [6.45, 7) is 0.431. The molecule has 2 aromatic carbocycles. The molecule has 8 heteroatoms. The van der Waals surface area contributed by atoms with E-state index in [0.29, 0.717) is 28.0 Å². The fraction of sp³-hybridized carbons (Fsp3) is 0.217. The van der Waals surface area contributed by atoms with Gasteiger partial charge < -0.3 is 19.8 Å². The van der Waals surface area contributed by atoms with Crippen LogP contribution in [-0.4, -0.2) is 44.0 Å². The molecule has 3 rings (SSSR count). The van der Waals surface area contributed by atoms with Crippen molar-refractivity contribution in [2.45, 2.75) is 6.54 Å². The topological polar surface area (TPSA) is 83.8 Å². The van der Waals surface area contributed by atoms with Crippen molar-refractivity contribution in [1.82, 2.24) is 10.2 Å². The molecule has 2 N–H and O–H groups in total. The van der Waals surface area contributed by atoms with Gasteiger partial charge >= 0.3 is 0 Å². The normalized spacial score (nSPS) is 10.7. The molecule has 0 aliphatic carbocycles. The van der Waals surface area contributed by atoms with E-state index in [1.54, 1.807) is 55.5 Å². The second-order valence-corrected chi connectivity index (χ2v) is 7.43. The van der Waals surface area contributed by atoms with Gasteiger partial charge in [-0.05, 0) is 67.7 Å². The van der Waals surface area contributed by atoms with Crippen LogP contribution < -0.4 is 15.4 Å². The number of benzene rings is 2. The summed E-state index contributed by atoms with van der Waals surface area (Å²) >= 11 is 5.90. The van der Waals surface area contributed by atoms with Gasteiger partial charge in [0.15, 0.2) is 0 Å². The SMILES string of the molecule is COc1ccc(NC(=O)CN(C)CC(=O)NCc2ccc(-c3ccc(Cl)cc3)o2)cc1. The number of rotatable bonds is 9. The predicted octanol–water partition coefficient (Wildman–Crippen LogP) is 3.80. The molecule has 7 nitrogen and oxygen atoms in total. The monoisotopic (exact) mass is 441 g/mol. The van der Waals surface area contributed by atoms with Crippen LogP contribution in [0.3, 0.4) is 0 Å². The van der Waals surface area contributed by atoms with E-state index in [2.05, 4.69) is 10.6 Å². The lowest BCUT2D eigenvalue weighted by atomic mass is 10.2. The van der Waals surface area contributed by atoms with E-state index in [4.69, 9.17) is 20.8 Å². The average Bonchev–Trinajstić information content (AvgIpc) is 3.22. The number of anilines is 1. The Labute approximate surface area is 185 Å².